The first-order chi connectivity index (χ1) is 8.69. The van der Waals surface area contributed by atoms with Gasteiger partial charge in [-0.15, -0.1) is 0 Å². The van der Waals surface area contributed by atoms with Gasteiger partial charge in [-0.05, 0) is 38.1 Å². The number of fused-ring (bicyclic) bond motifs is 1. The molecule has 0 amide bonds. The van der Waals surface area contributed by atoms with Gasteiger partial charge in [-0.2, -0.15) is 5.10 Å². The van der Waals surface area contributed by atoms with Gasteiger partial charge in [0.15, 0.2) is 5.69 Å². The fraction of sp³-hybridized carbons (Fsp3) is 0.667. The summed E-state index contributed by atoms with van der Waals surface area (Å²) in [7, 11) is 0. The van der Waals surface area contributed by atoms with E-state index < -0.39 is 5.97 Å². The highest BCUT2D eigenvalue weighted by molar-refractivity contribution is 5.87. The van der Waals surface area contributed by atoms with E-state index in [0.29, 0.717) is 13.1 Å². The molecule has 1 aromatic rings. The van der Waals surface area contributed by atoms with E-state index >= 15 is 0 Å². The van der Waals surface area contributed by atoms with Crippen molar-refractivity contribution in [1.29, 1.82) is 0 Å². The molecule has 0 saturated heterocycles. The zero-order valence-corrected chi connectivity index (χ0v) is 10.3. The van der Waals surface area contributed by atoms with Gasteiger partial charge < -0.3 is 15.9 Å². The first-order valence-electron chi connectivity index (χ1n) is 6.32. The van der Waals surface area contributed by atoms with E-state index in [-0.39, 0.29) is 18.2 Å². The highest BCUT2D eigenvalue weighted by Gasteiger charge is 2.30. The number of aromatic carboxylic acids is 1. The van der Waals surface area contributed by atoms with E-state index in [1.165, 1.54) is 0 Å². The van der Waals surface area contributed by atoms with Gasteiger partial charge in [0, 0.05) is 11.3 Å². The minimum Gasteiger partial charge on any atom is -0.476 e. The van der Waals surface area contributed by atoms with Crippen LogP contribution in [0.25, 0.3) is 0 Å². The lowest BCUT2D eigenvalue weighted by atomic mass is 9.83. The van der Waals surface area contributed by atoms with Gasteiger partial charge in [-0.1, -0.05) is 0 Å². The molecule has 0 saturated carbocycles. The maximum atomic E-state index is 11.3. The van der Waals surface area contributed by atoms with Crippen molar-refractivity contribution in [3.05, 3.63) is 17.0 Å². The van der Waals surface area contributed by atoms with E-state index in [4.69, 9.17) is 10.8 Å². The third kappa shape index (κ3) is 2.26. The second-order valence-corrected chi connectivity index (χ2v) is 4.63. The number of rotatable bonds is 5. The summed E-state index contributed by atoms with van der Waals surface area (Å²) in [6.07, 6.45) is 3.61. The van der Waals surface area contributed by atoms with E-state index in [2.05, 4.69) is 5.10 Å². The lowest BCUT2D eigenvalue weighted by Gasteiger charge is -2.23. The number of aromatic nitrogens is 2. The molecule has 2 rings (SSSR count). The van der Waals surface area contributed by atoms with Crippen LogP contribution in [0, 0.1) is 0 Å². The Balaban J connectivity index is 2.45. The summed E-state index contributed by atoms with van der Waals surface area (Å²) >= 11 is 0. The summed E-state index contributed by atoms with van der Waals surface area (Å²) in [6.45, 7) is 0.869. The number of hydrogen-bond acceptors (Lipinski definition) is 4. The van der Waals surface area contributed by atoms with Gasteiger partial charge in [0.05, 0.1) is 13.2 Å². The number of nitrogens with zero attached hydrogens (tertiary/aromatic N) is 2. The SMILES string of the molecule is NCCC1CCCc2c1c(C(=O)O)nn2CCO. The molecule has 0 bridgehead atoms. The smallest absolute Gasteiger partial charge is 0.356 e. The van der Waals surface area contributed by atoms with Gasteiger partial charge >= 0.3 is 5.97 Å². The van der Waals surface area contributed by atoms with E-state index in [0.717, 1.165) is 36.9 Å². The molecule has 0 radical (unpaired) electrons. The van der Waals surface area contributed by atoms with E-state index in [1.54, 1.807) is 4.68 Å². The predicted octanol–water partition coefficient (Wildman–Crippen LogP) is 0.342. The van der Waals surface area contributed by atoms with Gasteiger partial charge in [-0.25, -0.2) is 4.79 Å². The fourth-order valence-corrected chi connectivity index (χ4v) is 2.79. The summed E-state index contributed by atoms with van der Waals surface area (Å²) < 4.78 is 1.64. The molecule has 0 aromatic carbocycles. The molecule has 0 fully saturated rings. The standard InChI is InChI=1S/C12H19N3O3/c13-5-4-8-2-1-3-9-10(8)11(12(17)18)14-15(9)6-7-16/h8,16H,1-7,13H2,(H,17,18). The van der Waals surface area contributed by atoms with Crippen LogP contribution in [0.15, 0.2) is 0 Å². The van der Waals surface area contributed by atoms with Crippen molar-refractivity contribution in [2.45, 2.75) is 38.1 Å². The van der Waals surface area contributed by atoms with E-state index in [9.17, 15) is 9.90 Å². The Bertz CT molecular complexity index is 442. The Morgan fingerprint density at radius 3 is 2.94 bits per heavy atom. The largest absolute Gasteiger partial charge is 0.476 e. The third-order valence-electron chi connectivity index (χ3n) is 3.50. The number of aliphatic hydroxyl groups excluding tert-OH is 1. The third-order valence-corrected chi connectivity index (χ3v) is 3.50. The van der Waals surface area contributed by atoms with Gasteiger partial charge in [0.25, 0.3) is 0 Å². The average Bonchev–Trinajstić information content (AvgIpc) is 2.71. The molecule has 18 heavy (non-hydrogen) atoms. The monoisotopic (exact) mass is 253 g/mol. The van der Waals surface area contributed by atoms with Crippen LogP contribution in [0.4, 0.5) is 0 Å². The van der Waals surface area contributed by atoms with Crippen molar-refractivity contribution in [2.24, 2.45) is 5.73 Å². The minimum atomic E-state index is -0.994. The molecule has 1 atom stereocenters. The van der Waals surface area contributed by atoms with Crippen LogP contribution in [-0.4, -0.2) is 39.1 Å². The van der Waals surface area contributed by atoms with Crippen molar-refractivity contribution in [3.8, 4) is 0 Å². The van der Waals surface area contributed by atoms with Gasteiger partial charge in [0.2, 0.25) is 0 Å². The summed E-state index contributed by atoms with van der Waals surface area (Å²) in [6, 6.07) is 0. The number of carbonyl (C=O) groups is 1. The van der Waals surface area contributed by atoms with Crippen molar-refractivity contribution >= 4 is 5.97 Å². The first-order valence-corrected chi connectivity index (χ1v) is 6.32. The predicted molar refractivity (Wildman–Crippen MR) is 65.6 cm³/mol. The fourth-order valence-electron chi connectivity index (χ4n) is 2.79. The zero-order chi connectivity index (χ0) is 13.1. The van der Waals surface area contributed by atoms with E-state index in [1.807, 2.05) is 0 Å². The summed E-state index contributed by atoms with van der Waals surface area (Å²) in [5, 5.41) is 22.4. The van der Waals surface area contributed by atoms with Crippen LogP contribution >= 0.6 is 0 Å². The summed E-state index contributed by atoms with van der Waals surface area (Å²) in [5.74, 6) is -0.802. The Labute approximate surface area is 105 Å². The summed E-state index contributed by atoms with van der Waals surface area (Å²) in [5.41, 5.74) is 7.53. The second-order valence-electron chi connectivity index (χ2n) is 4.63. The Hall–Kier alpha value is -1.40. The number of aliphatic hydroxyl groups is 1. The molecule has 0 spiro atoms. The molecule has 1 unspecified atom stereocenters. The van der Waals surface area contributed by atoms with Crippen molar-refractivity contribution < 1.29 is 15.0 Å². The van der Waals surface area contributed by atoms with Crippen LogP contribution in [0.5, 0.6) is 0 Å². The highest BCUT2D eigenvalue weighted by Crippen LogP contribution is 2.36. The molecular formula is C12H19N3O3. The first kappa shape index (κ1) is 13.0. The molecular weight excluding hydrogens is 234 g/mol. The van der Waals surface area contributed by atoms with Crippen LogP contribution in [0.2, 0.25) is 0 Å². The molecule has 1 aliphatic carbocycles. The maximum absolute atomic E-state index is 11.3. The number of nitrogens with two attached hydrogens (primary N) is 1. The molecule has 1 aromatic heterocycles. The van der Waals surface area contributed by atoms with Crippen LogP contribution < -0.4 is 5.73 Å². The van der Waals surface area contributed by atoms with Gasteiger partial charge in [-0.3, -0.25) is 4.68 Å². The molecule has 1 aliphatic rings. The highest BCUT2D eigenvalue weighted by atomic mass is 16.4. The quantitative estimate of drug-likeness (QED) is 0.702. The van der Waals surface area contributed by atoms with Crippen molar-refractivity contribution in [3.63, 3.8) is 0 Å². The maximum Gasteiger partial charge on any atom is 0.356 e. The Kier molecular flexibility index (Phi) is 3.98. The van der Waals surface area contributed by atoms with Crippen molar-refractivity contribution in [1.82, 2.24) is 9.78 Å². The Morgan fingerprint density at radius 2 is 2.33 bits per heavy atom. The molecule has 100 valence electrons. The minimum absolute atomic E-state index is 0.0330. The topological polar surface area (TPSA) is 101 Å². The normalized spacial score (nSPS) is 18.7. The average molecular weight is 253 g/mol. The van der Waals surface area contributed by atoms with Crippen LogP contribution in [0.1, 0.15) is 46.9 Å². The second kappa shape index (κ2) is 5.49. The van der Waals surface area contributed by atoms with Gasteiger partial charge in [0.1, 0.15) is 0 Å². The lowest BCUT2D eigenvalue weighted by Crippen LogP contribution is -2.17. The number of carboxylic acid groups (broad SMARTS) is 1. The Morgan fingerprint density at radius 1 is 1.56 bits per heavy atom. The zero-order valence-electron chi connectivity index (χ0n) is 10.3. The molecule has 0 aliphatic heterocycles. The number of carboxylic acids is 1. The molecule has 4 N–H and O–H groups in total. The van der Waals surface area contributed by atoms with Crippen molar-refractivity contribution in [2.75, 3.05) is 13.2 Å². The van der Waals surface area contributed by atoms with Crippen LogP contribution in [-0.2, 0) is 13.0 Å². The summed E-state index contributed by atoms with van der Waals surface area (Å²) in [4.78, 5) is 11.3. The number of hydrogen-bond donors (Lipinski definition) is 3. The molecule has 1 heterocycles. The molecule has 6 nitrogen and oxygen atoms in total. The lowest BCUT2D eigenvalue weighted by molar-refractivity contribution is 0.0687. The van der Waals surface area contributed by atoms with Crippen LogP contribution in [0.3, 0.4) is 0 Å². The molecule has 6 heteroatoms.